The lowest BCUT2D eigenvalue weighted by Crippen LogP contribution is -2.36. The first kappa shape index (κ1) is 21.5. The summed E-state index contributed by atoms with van der Waals surface area (Å²) in [4.78, 5) is 21.7. The predicted molar refractivity (Wildman–Crippen MR) is 122 cm³/mol. The van der Waals surface area contributed by atoms with Gasteiger partial charge in [-0.15, -0.1) is 0 Å². The van der Waals surface area contributed by atoms with Crippen LogP contribution in [-0.2, 0) is 14.3 Å². The molecule has 162 valence electrons. The lowest BCUT2D eigenvalue weighted by molar-refractivity contribution is -0.122. The Bertz CT molecular complexity index is 991. The van der Waals surface area contributed by atoms with E-state index >= 15 is 0 Å². The molecule has 2 aromatic carbocycles. The summed E-state index contributed by atoms with van der Waals surface area (Å²) in [5.41, 5.74) is 1.96. The van der Waals surface area contributed by atoms with Crippen LogP contribution < -0.4 is 4.90 Å². The number of para-hydroxylation sites is 1. The molecular weight excluding hydrogens is 417 g/mol. The van der Waals surface area contributed by atoms with Gasteiger partial charge < -0.3 is 14.4 Å². The number of methoxy groups -OCH3 is 1. The van der Waals surface area contributed by atoms with Crippen molar-refractivity contribution in [3.05, 3.63) is 64.8 Å². The molecule has 2 aliphatic rings. The Balaban J connectivity index is 1.58. The van der Waals surface area contributed by atoms with Gasteiger partial charge in [-0.05, 0) is 47.7 Å². The molecule has 2 heterocycles. The van der Waals surface area contributed by atoms with Crippen molar-refractivity contribution >= 4 is 40.3 Å². The monoisotopic (exact) mass is 441 g/mol. The van der Waals surface area contributed by atoms with Crippen molar-refractivity contribution in [3.63, 3.8) is 0 Å². The van der Waals surface area contributed by atoms with E-state index < -0.39 is 0 Å². The minimum absolute atomic E-state index is 0.158. The summed E-state index contributed by atoms with van der Waals surface area (Å²) in [5.74, 6) is -0.462. The lowest BCUT2D eigenvalue weighted by atomic mass is 10.1. The molecule has 2 aromatic rings. The number of carbonyl (C=O) groups excluding carboxylic acids is 1. The SMILES string of the molecule is COCCN1C(=O)/C(=C/c2ccc(N3CCOCC3)c(F)c2)SC1=Nc1ccccc1. The van der Waals surface area contributed by atoms with Crippen LogP contribution in [0.3, 0.4) is 0 Å². The largest absolute Gasteiger partial charge is 0.383 e. The van der Waals surface area contributed by atoms with Crippen molar-refractivity contribution in [2.75, 3.05) is 51.5 Å². The molecule has 4 rings (SSSR count). The van der Waals surface area contributed by atoms with Crippen LogP contribution in [0, 0.1) is 5.82 Å². The number of hydrogen-bond acceptors (Lipinski definition) is 6. The average Bonchev–Trinajstić information content (AvgIpc) is 3.07. The summed E-state index contributed by atoms with van der Waals surface area (Å²) < 4.78 is 25.2. The Kier molecular flexibility index (Phi) is 7.01. The lowest BCUT2D eigenvalue weighted by Gasteiger charge is -2.29. The molecule has 31 heavy (non-hydrogen) atoms. The highest BCUT2D eigenvalue weighted by Gasteiger charge is 2.33. The van der Waals surface area contributed by atoms with Crippen LogP contribution in [0.1, 0.15) is 5.56 Å². The topological polar surface area (TPSA) is 54.4 Å². The van der Waals surface area contributed by atoms with Crippen LogP contribution >= 0.6 is 11.8 Å². The number of morpholine rings is 1. The number of hydrogen-bond donors (Lipinski definition) is 0. The van der Waals surface area contributed by atoms with Crippen LogP contribution in [0.2, 0.25) is 0 Å². The maximum atomic E-state index is 14.8. The fourth-order valence-electron chi connectivity index (χ4n) is 3.41. The third kappa shape index (κ3) is 5.15. The third-order valence-electron chi connectivity index (χ3n) is 5.01. The predicted octanol–water partition coefficient (Wildman–Crippen LogP) is 3.91. The summed E-state index contributed by atoms with van der Waals surface area (Å²) >= 11 is 1.29. The van der Waals surface area contributed by atoms with Crippen molar-refractivity contribution in [3.8, 4) is 0 Å². The second-order valence-electron chi connectivity index (χ2n) is 7.10. The number of rotatable bonds is 6. The van der Waals surface area contributed by atoms with Crippen molar-refractivity contribution in [2.45, 2.75) is 0 Å². The quantitative estimate of drug-likeness (QED) is 0.636. The molecule has 0 radical (unpaired) electrons. The molecule has 0 aromatic heterocycles. The van der Waals surface area contributed by atoms with E-state index in [0.717, 1.165) is 5.69 Å². The number of carbonyl (C=O) groups is 1. The van der Waals surface area contributed by atoms with E-state index in [2.05, 4.69) is 4.99 Å². The van der Waals surface area contributed by atoms with E-state index in [1.54, 1.807) is 24.2 Å². The summed E-state index contributed by atoms with van der Waals surface area (Å²) in [7, 11) is 1.59. The molecule has 1 amide bonds. The first-order valence-corrected chi connectivity index (χ1v) is 10.9. The smallest absolute Gasteiger partial charge is 0.266 e. The van der Waals surface area contributed by atoms with Gasteiger partial charge in [0.25, 0.3) is 5.91 Å². The standard InChI is InChI=1S/C23H24FN3O3S/c1-29-12-11-27-22(28)21(31-23(27)25-18-5-3-2-4-6-18)16-17-7-8-20(19(24)15-17)26-9-13-30-14-10-26/h2-8,15-16H,9-14H2,1H3/b21-16-,25-23?. The van der Waals surface area contributed by atoms with Crippen LogP contribution in [0.4, 0.5) is 15.8 Å². The van der Waals surface area contributed by atoms with Gasteiger partial charge in [-0.2, -0.15) is 0 Å². The van der Waals surface area contributed by atoms with Gasteiger partial charge in [0.1, 0.15) is 5.82 Å². The van der Waals surface area contributed by atoms with Crippen LogP contribution in [0.25, 0.3) is 6.08 Å². The molecule has 0 N–H and O–H groups in total. The van der Waals surface area contributed by atoms with Crippen LogP contribution in [0.15, 0.2) is 58.4 Å². The number of anilines is 1. The number of amides is 1. The van der Waals surface area contributed by atoms with Gasteiger partial charge in [0.2, 0.25) is 0 Å². The molecular formula is C23H24FN3O3S. The molecule has 0 bridgehead atoms. The fourth-order valence-corrected chi connectivity index (χ4v) is 4.43. The number of aliphatic imine (C=N–C) groups is 1. The van der Waals surface area contributed by atoms with Gasteiger partial charge in [0, 0.05) is 20.2 Å². The number of benzene rings is 2. The minimum atomic E-state index is -0.305. The van der Waals surface area contributed by atoms with Gasteiger partial charge >= 0.3 is 0 Å². The molecule has 0 spiro atoms. The van der Waals surface area contributed by atoms with E-state index in [1.165, 1.54) is 17.8 Å². The zero-order valence-electron chi connectivity index (χ0n) is 17.3. The highest BCUT2D eigenvalue weighted by atomic mass is 32.2. The van der Waals surface area contributed by atoms with Crippen molar-refractivity contribution in [1.29, 1.82) is 0 Å². The Morgan fingerprint density at radius 3 is 2.68 bits per heavy atom. The molecule has 0 atom stereocenters. The summed E-state index contributed by atoms with van der Waals surface area (Å²) in [6, 6.07) is 14.5. The van der Waals surface area contributed by atoms with E-state index in [9.17, 15) is 9.18 Å². The van der Waals surface area contributed by atoms with E-state index in [0.29, 0.717) is 60.8 Å². The molecule has 0 aliphatic carbocycles. The fraction of sp³-hybridized carbons (Fsp3) is 0.304. The highest BCUT2D eigenvalue weighted by Crippen LogP contribution is 2.34. The second-order valence-corrected chi connectivity index (χ2v) is 8.11. The zero-order valence-corrected chi connectivity index (χ0v) is 18.1. The van der Waals surface area contributed by atoms with Gasteiger partial charge in [0.15, 0.2) is 5.17 Å². The summed E-state index contributed by atoms with van der Waals surface area (Å²) in [5, 5.41) is 0.588. The van der Waals surface area contributed by atoms with Gasteiger partial charge in [-0.3, -0.25) is 9.69 Å². The molecule has 8 heteroatoms. The second kappa shape index (κ2) is 10.1. The third-order valence-corrected chi connectivity index (χ3v) is 6.02. The van der Waals surface area contributed by atoms with Gasteiger partial charge in [0.05, 0.1) is 42.6 Å². The van der Waals surface area contributed by atoms with Crippen LogP contribution in [-0.4, -0.2) is 62.5 Å². The van der Waals surface area contributed by atoms with E-state index in [-0.39, 0.29) is 11.7 Å². The Hall–Kier alpha value is -2.68. The normalized spacial score (nSPS) is 19.6. The molecule has 6 nitrogen and oxygen atoms in total. The minimum Gasteiger partial charge on any atom is -0.383 e. The first-order valence-electron chi connectivity index (χ1n) is 10.1. The van der Waals surface area contributed by atoms with E-state index in [4.69, 9.17) is 9.47 Å². The summed E-state index contributed by atoms with van der Waals surface area (Å²) in [6.07, 6.45) is 1.71. The van der Waals surface area contributed by atoms with Crippen molar-refractivity contribution < 1.29 is 18.7 Å². The van der Waals surface area contributed by atoms with Gasteiger partial charge in [-0.1, -0.05) is 24.3 Å². The molecule has 0 unspecified atom stereocenters. The maximum absolute atomic E-state index is 14.8. The Morgan fingerprint density at radius 1 is 1.19 bits per heavy atom. The molecule has 0 saturated carbocycles. The van der Waals surface area contributed by atoms with Crippen molar-refractivity contribution in [2.24, 2.45) is 4.99 Å². The molecule has 2 aliphatic heterocycles. The highest BCUT2D eigenvalue weighted by molar-refractivity contribution is 8.18. The number of amidine groups is 1. The maximum Gasteiger partial charge on any atom is 0.266 e. The number of ether oxygens (including phenoxy) is 2. The number of halogens is 1. The van der Waals surface area contributed by atoms with Crippen LogP contribution in [0.5, 0.6) is 0 Å². The number of thioether (sulfide) groups is 1. The Labute approximate surface area is 185 Å². The van der Waals surface area contributed by atoms with E-state index in [1.807, 2.05) is 41.3 Å². The van der Waals surface area contributed by atoms with Gasteiger partial charge in [-0.25, -0.2) is 9.38 Å². The average molecular weight is 442 g/mol. The number of nitrogens with zero attached hydrogens (tertiary/aromatic N) is 3. The molecule has 2 saturated heterocycles. The first-order chi connectivity index (χ1) is 15.2. The van der Waals surface area contributed by atoms with Crippen molar-refractivity contribution in [1.82, 2.24) is 4.90 Å². The summed E-state index contributed by atoms with van der Waals surface area (Å²) in [6.45, 7) is 3.32. The Morgan fingerprint density at radius 2 is 1.97 bits per heavy atom. The zero-order chi connectivity index (χ0) is 21.6. The molecule has 2 fully saturated rings.